The van der Waals surface area contributed by atoms with Gasteiger partial charge < -0.3 is 9.47 Å². The summed E-state index contributed by atoms with van der Waals surface area (Å²) in [5.74, 6) is 0. The minimum Gasteiger partial charge on any atom is -0.311 e. The van der Waals surface area contributed by atoms with Gasteiger partial charge in [0.15, 0.2) is 0 Å². The van der Waals surface area contributed by atoms with E-state index in [-0.39, 0.29) is 0 Å². The van der Waals surface area contributed by atoms with Crippen LogP contribution in [0.25, 0.3) is 105 Å². The Kier molecular flexibility index (Phi) is 10.2. The van der Waals surface area contributed by atoms with Gasteiger partial charge in [0.2, 0.25) is 0 Å². The summed E-state index contributed by atoms with van der Waals surface area (Å²) in [5.41, 5.74) is 18.9. The molecule has 2 heteroatoms. The lowest BCUT2D eigenvalue weighted by Gasteiger charge is -2.26. The Morgan fingerprint density at radius 1 is 0.229 bits per heavy atom. The van der Waals surface area contributed by atoms with Crippen molar-refractivity contribution in [1.82, 2.24) is 4.57 Å². The van der Waals surface area contributed by atoms with E-state index in [1.54, 1.807) is 0 Å². The van der Waals surface area contributed by atoms with Crippen molar-refractivity contribution in [3.63, 3.8) is 0 Å². The van der Waals surface area contributed by atoms with E-state index in [0.29, 0.717) is 0 Å². The zero-order chi connectivity index (χ0) is 46.4. The van der Waals surface area contributed by atoms with Crippen molar-refractivity contribution in [2.24, 2.45) is 0 Å². The van der Waals surface area contributed by atoms with Gasteiger partial charge in [-0.2, -0.15) is 0 Å². The first-order chi connectivity index (χ1) is 34.7. The van der Waals surface area contributed by atoms with E-state index in [0.717, 1.165) is 22.7 Å². The molecule has 0 atom stereocenters. The molecule has 0 spiro atoms. The van der Waals surface area contributed by atoms with Crippen LogP contribution < -0.4 is 4.90 Å². The Morgan fingerprint density at radius 2 is 0.600 bits per heavy atom. The molecule has 13 aromatic rings. The maximum absolute atomic E-state index is 2.39. The summed E-state index contributed by atoms with van der Waals surface area (Å²) in [6.45, 7) is 0. The number of aromatic nitrogens is 1. The van der Waals surface area contributed by atoms with Gasteiger partial charge in [0.25, 0.3) is 0 Å². The third-order valence-electron chi connectivity index (χ3n) is 14.0. The molecular weight excluding hydrogens is 845 g/mol. The van der Waals surface area contributed by atoms with E-state index in [1.165, 1.54) is 99.0 Å². The summed E-state index contributed by atoms with van der Waals surface area (Å²) in [7, 11) is 0. The second-order valence-corrected chi connectivity index (χ2v) is 18.1. The van der Waals surface area contributed by atoms with E-state index in [1.807, 2.05) is 0 Å². The topological polar surface area (TPSA) is 8.17 Å². The lowest BCUT2D eigenvalue weighted by Crippen LogP contribution is -2.09. The maximum atomic E-state index is 2.39. The predicted octanol–water partition coefficient (Wildman–Crippen LogP) is 18.9. The highest BCUT2D eigenvalue weighted by Crippen LogP contribution is 2.41. The summed E-state index contributed by atoms with van der Waals surface area (Å²) in [4.78, 5) is 2.37. The molecule has 328 valence electrons. The fraction of sp³-hybridized carbons (Fsp3) is 0. The van der Waals surface area contributed by atoms with Gasteiger partial charge >= 0.3 is 0 Å². The summed E-state index contributed by atoms with van der Waals surface area (Å²) in [6, 6.07) is 102. The minimum atomic E-state index is 1.09. The average Bonchev–Trinajstić information content (AvgIpc) is 3.77. The third kappa shape index (κ3) is 7.40. The number of para-hydroxylation sites is 1. The highest BCUT2D eigenvalue weighted by Gasteiger charge is 2.17. The van der Waals surface area contributed by atoms with Gasteiger partial charge in [-0.3, -0.25) is 0 Å². The first kappa shape index (κ1) is 41.0. The number of hydrogen-bond acceptors (Lipinski definition) is 1. The number of rotatable bonds is 9. The van der Waals surface area contributed by atoms with Crippen molar-refractivity contribution >= 4 is 60.4 Å². The van der Waals surface area contributed by atoms with Crippen LogP contribution in [-0.2, 0) is 0 Å². The average molecular weight is 891 g/mol. The van der Waals surface area contributed by atoms with E-state index in [2.05, 4.69) is 289 Å². The summed E-state index contributed by atoms with van der Waals surface area (Å²) < 4.78 is 2.39. The molecule has 0 saturated heterocycles. The van der Waals surface area contributed by atoms with Gasteiger partial charge in [-0.25, -0.2) is 0 Å². The van der Waals surface area contributed by atoms with Crippen LogP contribution in [0.2, 0.25) is 0 Å². The Labute approximate surface area is 408 Å². The van der Waals surface area contributed by atoms with Crippen molar-refractivity contribution in [3.05, 3.63) is 279 Å². The summed E-state index contributed by atoms with van der Waals surface area (Å²) in [6.07, 6.45) is 0. The van der Waals surface area contributed by atoms with Crippen LogP contribution in [-0.4, -0.2) is 4.57 Å². The van der Waals surface area contributed by atoms with Crippen molar-refractivity contribution < 1.29 is 0 Å². The maximum Gasteiger partial charge on any atom is 0.0541 e. The Balaban J connectivity index is 0.844. The molecular formula is C68H46N2. The number of benzene rings is 12. The third-order valence-corrected chi connectivity index (χ3v) is 14.0. The second-order valence-electron chi connectivity index (χ2n) is 18.1. The zero-order valence-corrected chi connectivity index (χ0v) is 38.5. The van der Waals surface area contributed by atoms with Gasteiger partial charge in [0.05, 0.1) is 11.0 Å². The number of fused-ring (bicyclic) bond motifs is 5. The molecule has 0 unspecified atom stereocenters. The smallest absolute Gasteiger partial charge is 0.0541 e. The van der Waals surface area contributed by atoms with Gasteiger partial charge in [0.1, 0.15) is 0 Å². The van der Waals surface area contributed by atoms with Gasteiger partial charge in [-0.1, -0.05) is 212 Å². The monoisotopic (exact) mass is 890 g/mol. The van der Waals surface area contributed by atoms with Crippen LogP contribution in [0.1, 0.15) is 0 Å². The van der Waals surface area contributed by atoms with Crippen molar-refractivity contribution in [2.75, 3.05) is 4.90 Å². The van der Waals surface area contributed by atoms with Gasteiger partial charge in [0, 0.05) is 33.5 Å². The lowest BCUT2D eigenvalue weighted by atomic mass is 9.96. The molecule has 0 aliphatic carbocycles. The van der Waals surface area contributed by atoms with E-state index in [9.17, 15) is 0 Å². The van der Waals surface area contributed by atoms with Crippen LogP contribution in [0.15, 0.2) is 279 Å². The fourth-order valence-corrected chi connectivity index (χ4v) is 10.5. The second kappa shape index (κ2) is 17.4. The van der Waals surface area contributed by atoms with E-state index in [4.69, 9.17) is 0 Å². The molecule has 1 aromatic heterocycles. The van der Waals surface area contributed by atoms with E-state index < -0.39 is 0 Å². The molecule has 1 heterocycles. The Bertz CT molecular complexity index is 3990. The molecule has 0 amide bonds. The SMILES string of the molecule is c1ccc(-c2ccc(-n3c4ccccc4c4cc(-c5ccc(N(c6ccc(-c7ccc(-c8cccc9ccccc89)cc7)cc6)c6ccc(-c7cccc8ccccc78)cc6)cc5)ccc43)cc2)cc1. The molecule has 0 saturated carbocycles. The Hall–Kier alpha value is -9.24. The lowest BCUT2D eigenvalue weighted by molar-refractivity contribution is 1.18. The van der Waals surface area contributed by atoms with E-state index >= 15 is 0 Å². The first-order valence-electron chi connectivity index (χ1n) is 24.1. The summed E-state index contributed by atoms with van der Waals surface area (Å²) in [5, 5.41) is 7.50. The number of anilines is 3. The van der Waals surface area contributed by atoms with Crippen LogP contribution in [0.4, 0.5) is 17.1 Å². The standard InChI is InChI=1S/C68H46N2/c1-2-12-47(13-3-1)49-30-41-60(42-31-49)70-67-23-9-8-20-65(67)66-46-56(36-45-68(66)70)51-32-39-58(40-33-51)69(59-43-34-55(35-44-59)64-22-11-17-53-15-5-7-19-62(53)64)57-37-28-50(29-38-57)48-24-26-54(27-25-48)63-21-10-16-52-14-4-6-18-61(52)63/h1-46H. The van der Waals surface area contributed by atoms with Crippen LogP contribution in [0.3, 0.4) is 0 Å². The van der Waals surface area contributed by atoms with Gasteiger partial charge in [-0.05, 0) is 144 Å². The minimum absolute atomic E-state index is 1.09. The number of hydrogen-bond donors (Lipinski definition) is 0. The van der Waals surface area contributed by atoms with Crippen molar-refractivity contribution in [1.29, 1.82) is 0 Å². The molecule has 0 fully saturated rings. The number of nitrogens with zero attached hydrogens (tertiary/aromatic N) is 2. The Morgan fingerprint density at radius 3 is 1.16 bits per heavy atom. The molecule has 0 bridgehead atoms. The van der Waals surface area contributed by atoms with Crippen LogP contribution >= 0.6 is 0 Å². The first-order valence-corrected chi connectivity index (χ1v) is 24.1. The molecule has 0 aliphatic rings. The fourth-order valence-electron chi connectivity index (χ4n) is 10.5. The van der Waals surface area contributed by atoms with Crippen molar-refractivity contribution in [2.45, 2.75) is 0 Å². The highest BCUT2D eigenvalue weighted by atomic mass is 15.1. The predicted molar refractivity (Wildman–Crippen MR) is 298 cm³/mol. The summed E-state index contributed by atoms with van der Waals surface area (Å²) >= 11 is 0. The molecule has 12 aromatic carbocycles. The zero-order valence-electron chi connectivity index (χ0n) is 38.5. The molecule has 0 radical (unpaired) electrons. The normalized spacial score (nSPS) is 11.4. The molecule has 0 N–H and O–H groups in total. The largest absolute Gasteiger partial charge is 0.311 e. The van der Waals surface area contributed by atoms with Gasteiger partial charge in [-0.15, -0.1) is 0 Å². The quantitative estimate of drug-likeness (QED) is 0.140. The molecule has 0 aliphatic heterocycles. The molecule has 13 rings (SSSR count). The van der Waals surface area contributed by atoms with Crippen LogP contribution in [0, 0.1) is 0 Å². The molecule has 70 heavy (non-hydrogen) atoms. The highest BCUT2D eigenvalue weighted by molar-refractivity contribution is 6.10. The van der Waals surface area contributed by atoms with Crippen LogP contribution in [0.5, 0.6) is 0 Å². The van der Waals surface area contributed by atoms with Crippen molar-refractivity contribution in [3.8, 4) is 61.3 Å². The molecule has 2 nitrogen and oxygen atoms in total.